The van der Waals surface area contributed by atoms with Crippen LogP contribution in [-0.2, 0) is 46.5 Å². The Bertz CT molecular complexity index is 1730. The van der Waals surface area contributed by atoms with Gasteiger partial charge < -0.3 is 25.7 Å². The van der Waals surface area contributed by atoms with Gasteiger partial charge in [0.2, 0.25) is 17.7 Å². The van der Waals surface area contributed by atoms with Crippen LogP contribution in [0.4, 0.5) is 18.9 Å². The van der Waals surface area contributed by atoms with Crippen molar-refractivity contribution in [2.45, 2.75) is 70.4 Å². The molecule has 1 aliphatic rings. The minimum atomic E-state index is -4.54. The number of carbonyl (C=O) groups is 3. The van der Waals surface area contributed by atoms with E-state index < -0.39 is 35.1 Å². The lowest BCUT2D eigenvalue weighted by Crippen LogP contribution is -2.50. The van der Waals surface area contributed by atoms with E-state index in [1.807, 2.05) is 68.4 Å². The fourth-order valence-corrected chi connectivity index (χ4v) is 5.82. The van der Waals surface area contributed by atoms with E-state index in [1.54, 1.807) is 12.3 Å². The second-order valence-electron chi connectivity index (χ2n) is 12.4. The second kappa shape index (κ2) is 13.8. The molecule has 0 unspecified atom stereocenters. The first-order valence-corrected chi connectivity index (χ1v) is 15.3. The largest absolute Gasteiger partial charge is 0.468 e. The summed E-state index contributed by atoms with van der Waals surface area (Å²) in [5.74, 6) is -0.501. The maximum Gasteiger partial charge on any atom is 0.416 e. The highest BCUT2D eigenvalue weighted by atomic mass is 19.4. The zero-order chi connectivity index (χ0) is 33.8. The Morgan fingerprint density at radius 1 is 1.00 bits per heavy atom. The van der Waals surface area contributed by atoms with E-state index in [9.17, 15) is 27.6 Å². The van der Waals surface area contributed by atoms with E-state index >= 15 is 0 Å². The number of furan rings is 1. The number of nitrogens with one attached hydrogen (secondary N) is 2. The number of amides is 3. The molecule has 11 heteroatoms. The molecule has 0 saturated heterocycles. The number of primary amides is 1. The van der Waals surface area contributed by atoms with Crippen molar-refractivity contribution < 1.29 is 32.0 Å². The van der Waals surface area contributed by atoms with Gasteiger partial charge in [-0.15, -0.1) is 0 Å². The van der Waals surface area contributed by atoms with Gasteiger partial charge in [0, 0.05) is 17.6 Å². The van der Waals surface area contributed by atoms with Gasteiger partial charge >= 0.3 is 6.18 Å². The van der Waals surface area contributed by atoms with Gasteiger partial charge in [0.1, 0.15) is 11.8 Å². The average Bonchev–Trinajstić information content (AvgIpc) is 3.50. The number of carbonyl (C=O) groups excluding carboxylic acids is 3. The predicted molar refractivity (Wildman–Crippen MR) is 172 cm³/mol. The molecule has 3 amide bonds. The first-order chi connectivity index (χ1) is 22.3. The van der Waals surface area contributed by atoms with Gasteiger partial charge in [0.05, 0.1) is 31.3 Å². The molecule has 0 spiro atoms. The summed E-state index contributed by atoms with van der Waals surface area (Å²) in [5, 5.41) is 6.13. The number of nitrogens with two attached hydrogens (primary N) is 1. The molecule has 0 fully saturated rings. The van der Waals surface area contributed by atoms with Gasteiger partial charge in [-0.1, -0.05) is 48.5 Å². The zero-order valence-corrected chi connectivity index (χ0v) is 26.2. The molecule has 1 aromatic heterocycles. The van der Waals surface area contributed by atoms with Crippen LogP contribution in [0.5, 0.6) is 0 Å². The van der Waals surface area contributed by atoms with Crippen molar-refractivity contribution in [3.63, 3.8) is 0 Å². The molecule has 246 valence electrons. The van der Waals surface area contributed by atoms with Crippen molar-refractivity contribution >= 4 is 23.4 Å². The van der Waals surface area contributed by atoms with Crippen molar-refractivity contribution in [2.75, 3.05) is 4.90 Å². The van der Waals surface area contributed by atoms with Gasteiger partial charge in [0.25, 0.3) is 0 Å². The van der Waals surface area contributed by atoms with Crippen LogP contribution in [0.3, 0.4) is 0 Å². The molecule has 5 rings (SSSR count). The zero-order valence-electron chi connectivity index (χ0n) is 26.2. The Kier molecular flexibility index (Phi) is 9.85. The van der Waals surface area contributed by atoms with E-state index in [4.69, 9.17) is 10.2 Å². The summed E-state index contributed by atoms with van der Waals surface area (Å²) in [5.41, 5.74) is 7.95. The number of alkyl halides is 3. The molecule has 1 aliphatic heterocycles. The fraction of sp³-hybridized carbons (Fsp3) is 0.306. The number of rotatable bonds is 11. The first-order valence-electron chi connectivity index (χ1n) is 15.3. The quantitative estimate of drug-likeness (QED) is 0.187. The molecule has 0 aliphatic carbocycles. The monoisotopic (exact) mass is 646 g/mol. The summed E-state index contributed by atoms with van der Waals surface area (Å²) in [6.07, 6.45) is -2.52. The topological polar surface area (TPSA) is 118 Å². The number of halogens is 3. The van der Waals surface area contributed by atoms with E-state index in [2.05, 4.69) is 10.6 Å². The molecule has 0 bridgehead atoms. The van der Waals surface area contributed by atoms with Crippen LogP contribution >= 0.6 is 0 Å². The van der Waals surface area contributed by atoms with Crippen LogP contribution < -0.4 is 21.3 Å². The van der Waals surface area contributed by atoms with Crippen molar-refractivity contribution in [3.05, 3.63) is 113 Å². The van der Waals surface area contributed by atoms with Crippen LogP contribution in [0.2, 0.25) is 0 Å². The first kappa shape index (κ1) is 33.5. The number of fused-ring (bicyclic) bond motifs is 1. The number of anilines is 1. The normalized spacial score (nSPS) is 15.2. The van der Waals surface area contributed by atoms with Gasteiger partial charge in [-0.25, -0.2) is 0 Å². The lowest BCUT2D eigenvalue weighted by atomic mass is 9.96. The van der Waals surface area contributed by atoms with Gasteiger partial charge in [-0.3, -0.25) is 14.4 Å². The van der Waals surface area contributed by atoms with Crippen LogP contribution in [-0.4, -0.2) is 29.3 Å². The van der Waals surface area contributed by atoms with Crippen LogP contribution in [0, 0.1) is 0 Å². The minimum Gasteiger partial charge on any atom is -0.468 e. The summed E-state index contributed by atoms with van der Waals surface area (Å²) in [6.45, 7) is 4.21. The molecule has 8 nitrogen and oxygen atoms in total. The van der Waals surface area contributed by atoms with Gasteiger partial charge in [-0.2, -0.15) is 13.2 Å². The molecular formula is C36H37F3N4O4. The van der Waals surface area contributed by atoms with Gasteiger partial charge in [-0.05, 0) is 84.8 Å². The van der Waals surface area contributed by atoms with E-state index in [1.165, 1.54) is 11.0 Å². The minimum absolute atomic E-state index is 0.0569. The summed E-state index contributed by atoms with van der Waals surface area (Å²) in [4.78, 5) is 40.3. The number of nitrogens with zero attached hydrogens (tertiary/aromatic N) is 1. The molecule has 3 aromatic carbocycles. The van der Waals surface area contributed by atoms with Crippen LogP contribution in [0.25, 0.3) is 11.1 Å². The summed E-state index contributed by atoms with van der Waals surface area (Å²) in [6, 6.07) is 20.9. The van der Waals surface area contributed by atoms with Crippen LogP contribution in [0.1, 0.15) is 54.7 Å². The molecule has 4 N–H and O–H groups in total. The highest BCUT2D eigenvalue weighted by Gasteiger charge is 2.36. The molecule has 1 atom stereocenters. The maximum absolute atomic E-state index is 14.0. The number of hydrogen-bond acceptors (Lipinski definition) is 5. The molecule has 0 saturated carbocycles. The smallest absolute Gasteiger partial charge is 0.416 e. The Balaban J connectivity index is 1.37. The lowest BCUT2D eigenvalue weighted by Gasteiger charge is -2.29. The third-order valence-electron chi connectivity index (χ3n) is 8.21. The molecule has 2 heterocycles. The standard InChI is InChI=1S/C36H37F3N4O4/c1-35(2,41-21-28-7-5-17-47-28)20-33(45)42-30-15-13-26-18-27(36(37,38)39)14-16-31(26)43(34(30)46)22-23-9-11-24(12-10-23)29-8-4-3-6-25(29)19-32(40)44/h3-12,14,16-18,30,41H,13,15,19-22H2,1-2H3,(H2,40,44)(H,42,45)/t30-/m1/s1. The Labute approximate surface area is 271 Å². The third kappa shape index (κ3) is 8.48. The van der Waals surface area contributed by atoms with Crippen molar-refractivity contribution in [1.29, 1.82) is 0 Å². The van der Waals surface area contributed by atoms with E-state index in [-0.39, 0.29) is 38.1 Å². The molecule has 47 heavy (non-hydrogen) atoms. The Morgan fingerprint density at radius 2 is 1.74 bits per heavy atom. The third-order valence-corrected chi connectivity index (χ3v) is 8.21. The molecule has 4 aromatic rings. The second-order valence-corrected chi connectivity index (χ2v) is 12.4. The number of hydrogen-bond donors (Lipinski definition) is 3. The molecular weight excluding hydrogens is 609 g/mol. The lowest BCUT2D eigenvalue weighted by molar-refractivity contribution is -0.137. The SMILES string of the molecule is CC(C)(CC(=O)N[C@@H]1CCc2cc(C(F)(F)F)ccc2N(Cc2ccc(-c3ccccc3CC(N)=O)cc2)C1=O)NCc1ccco1. The highest BCUT2D eigenvalue weighted by Crippen LogP contribution is 2.36. The Morgan fingerprint density at radius 3 is 2.43 bits per heavy atom. The fourth-order valence-electron chi connectivity index (χ4n) is 5.82. The van der Waals surface area contributed by atoms with E-state index in [0.29, 0.717) is 23.6 Å². The molecule has 0 radical (unpaired) electrons. The average molecular weight is 647 g/mol. The maximum atomic E-state index is 14.0. The predicted octanol–water partition coefficient (Wildman–Crippen LogP) is 5.92. The highest BCUT2D eigenvalue weighted by molar-refractivity contribution is 6.00. The van der Waals surface area contributed by atoms with Gasteiger partial charge in [0.15, 0.2) is 0 Å². The van der Waals surface area contributed by atoms with E-state index in [0.717, 1.165) is 34.4 Å². The summed E-state index contributed by atoms with van der Waals surface area (Å²) in [7, 11) is 0. The Hall–Kier alpha value is -4.90. The summed E-state index contributed by atoms with van der Waals surface area (Å²) >= 11 is 0. The number of aryl methyl sites for hydroxylation is 1. The van der Waals surface area contributed by atoms with Crippen LogP contribution in [0.15, 0.2) is 89.5 Å². The van der Waals surface area contributed by atoms with Crippen molar-refractivity contribution in [1.82, 2.24) is 10.6 Å². The van der Waals surface area contributed by atoms with Crippen molar-refractivity contribution in [3.8, 4) is 11.1 Å². The van der Waals surface area contributed by atoms with Crippen molar-refractivity contribution in [2.24, 2.45) is 5.73 Å². The number of benzene rings is 3. The summed E-state index contributed by atoms with van der Waals surface area (Å²) < 4.78 is 46.3.